The normalized spacial score (nSPS) is 11.7. The van der Waals surface area contributed by atoms with Crippen LogP contribution in [-0.4, -0.2) is 11.2 Å². The first kappa shape index (κ1) is 16.4. The van der Waals surface area contributed by atoms with Gasteiger partial charge in [0.2, 0.25) is 0 Å². The Morgan fingerprint density at radius 1 is 0.955 bits per heavy atom. The van der Waals surface area contributed by atoms with Gasteiger partial charge in [0.1, 0.15) is 11.5 Å². The zero-order valence-electron chi connectivity index (χ0n) is 14.2. The van der Waals surface area contributed by atoms with Crippen LogP contribution in [0.25, 0.3) is 0 Å². The molecule has 0 aliphatic rings. The smallest absolute Gasteiger partial charge is 0.119 e. The fourth-order valence-electron chi connectivity index (χ4n) is 2.49. The summed E-state index contributed by atoms with van der Waals surface area (Å²) in [4.78, 5) is 0. The highest BCUT2D eigenvalue weighted by Crippen LogP contribution is 2.31. The Morgan fingerprint density at radius 2 is 1.55 bits per heavy atom. The predicted octanol–water partition coefficient (Wildman–Crippen LogP) is 5.07. The maximum Gasteiger partial charge on any atom is 0.119 e. The quantitative estimate of drug-likeness (QED) is 0.854. The highest BCUT2D eigenvalue weighted by molar-refractivity contribution is 5.42. The Labute approximate surface area is 133 Å². The molecule has 22 heavy (non-hydrogen) atoms. The molecule has 0 saturated carbocycles. The standard InChI is InChI=1S/C20H26O2/c1-14(2)22-17-9-6-15(7-10-17)12-16-8-11-19(21)18(13-16)20(3,4)5/h6-11,13-14,21H,12H2,1-5H3. The van der Waals surface area contributed by atoms with E-state index in [9.17, 15) is 5.11 Å². The van der Waals surface area contributed by atoms with E-state index >= 15 is 0 Å². The second-order valence-electron chi connectivity index (χ2n) is 7.09. The molecular formula is C20H26O2. The van der Waals surface area contributed by atoms with E-state index in [2.05, 4.69) is 39.0 Å². The maximum atomic E-state index is 10.0. The average Bonchev–Trinajstić information content (AvgIpc) is 2.41. The van der Waals surface area contributed by atoms with E-state index in [-0.39, 0.29) is 11.5 Å². The Morgan fingerprint density at radius 3 is 2.09 bits per heavy atom. The summed E-state index contributed by atoms with van der Waals surface area (Å²) in [6.45, 7) is 10.4. The Bertz CT molecular complexity index is 619. The predicted molar refractivity (Wildman–Crippen MR) is 91.8 cm³/mol. The van der Waals surface area contributed by atoms with Crippen molar-refractivity contribution in [1.82, 2.24) is 0 Å². The Kier molecular flexibility index (Phi) is 4.80. The lowest BCUT2D eigenvalue weighted by Gasteiger charge is -2.21. The van der Waals surface area contributed by atoms with Gasteiger partial charge in [-0.05, 0) is 60.6 Å². The van der Waals surface area contributed by atoms with Crippen LogP contribution in [0.4, 0.5) is 0 Å². The molecule has 2 rings (SSSR count). The van der Waals surface area contributed by atoms with Crippen LogP contribution in [0.15, 0.2) is 42.5 Å². The molecule has 0 amide bonds. The van der Waals surface area contributed by atoms with Crippen molar-refractivity contribution in [3.8, 4) is 11.5 Å². The van der Waals surface area contributed by atoms with Crippen LogP contribution in [-0.2, 0) is 11.8 Å². The minimum Gasteiger partial charge on any atom is -0.508 e. The van der Waals surface area contributed by atoms with Crippen molar-refractivity contribution in [2.24, 2.45) is 0 Å². The van der Waals surface area contributed by atoms with Crippen LogP contribution in [0.3, 0.4) is 0 Å². The molecule has 2 aromatic carbocycles. The number of hydrogen-bond acceptors (Lipinski definition) is 2. The van der Waals surface area contributed by atoms with Gasteiger partial charge in [0.15, 0.2) is 0 Å². The van der Waals surface area contributed by atoms with Crippen LogP contribution >= 0.6 is 0 Å². The van der Waals surface area contributed by atoms with E-state index in [4.69, 9.17) is 4.74 Å². The number of phenols is 1. The molecule has 0 atom stereocenters. The number of ether oxygens (including phenoxy) is 1. The van der Waals surface area contributed by atoms with Gasteiger partial charge < -0.3 is 9.84 Å². The number of rotatable bonds is 4. The van der Waals surface area contributed by atoms with E-state index < -0.39 is 0 Å². The summed E-state index contributed by atoms with van der Waals surface area (Å²) in [5.74, 6) is 1.27. The van der Waals surface area contributed by atoms with Gasteiger partial charge in [0.05, 0.1) is 6.10 Å². The molecule has 0 fully saturated rings. The lowest BCUT2D eigenvalue weighted by Crippen LogP contribution is -2.11. The molecule has 2 nitrogen and oxygen atoms in total. The summed E-state index contributed by atoms with van der Waals surface area (Å²) in [6, 6.07) is 14.1. The SMILES string of the molecule is CC(C)Oc1ccc(Cc2ccc(O)c(C(C)(C)C)c2)cc1. The molecule has 0 saturated heterocycles. The zero-order chi connectivity index (χ0) is 16.3. The van der Waals surface area contributed by atoms with Crippen LogP contribution in [0.1, 0.15) is 51.3 Å². The fraction of sp³-hybridized carbons (Fsp3) is 0.400. The van der Waals surface area contributed by atoms with E-state index in [1.54, 1.807) is 6.07 Å². The van der Waals surface area contributed by atoms with Gasteiger partial charge in [-0.25, -0.2) is 0 Å². The Balaban J connectivity index is 2.17. The first-order valence-corrected chi connectivity index (χ1v) is 7.83. The third-order valence-corrected chi connectivity index (χ3v) is 3.57. The van der Waals surface area contributed by atoms with E-state index in [1.807, 2.05) is 32.0 Å². The molecule has 0 bridgehead atoms. The highest BCUT2D eigenvalue weighted by Gasteiger charge is 2.18. The van der Waals surface area contributed by atoms with Crippen LogP contribution in [0, 0.1) is 0 Å². The molecule has 0 aliphatic carbocycles. The van der Waals surface area contributed by atoms with Gasteiger partial charge in [-0.2, -0.15) is 0 Å². The fourth-order valence-corrected chi connectivity index (χ4v) is 2.49. The van der Waals surface area contributed by atoms with Crippen molar-refractivity contribution in [2.75, 3.05) is 0 Å². The van der Waals surface area contributed by atoms with E-state index in [0.29, 0.717) is 5.75 Å². The summed E-state index contributed by atoms with van der Waals surface area (Å²) in [5.41, 5.74) is 3.38. The number of aromatic hydroxyl groups is 1. The molecule has 118 valence electrons. The lowest BCUT2D eigenvalue weighted by atomic mass is 9.85. The summed E-state index contributed by atoms with van der Waals surface area (Å²) < 4.78 is 5.67. The largest absolute Gasteiger partial charge is 0.508 e. The molecule has 0 radical (unpaired) electrons. The van der Waals surface area contributed by atoms with Crippen molar-refractivity contribution in [1.29, 1.82) is 0 Å². The number of benzene rings is 2. The molecular weight excluding hydrogens is 272 g/mol. The topological polar surface area (TPSA) is 29.5 Å². The zero-order valence-corrected chi connectivity index (χ0v) is 14.2. The van der Waals surface area contributed by atoms with Gasteiger partial charge in [-0.3, -0.25) is 0 Å². The van der Waals surface area contributed by atoms with Gasteiger partial charge in [-0.1, -0.05) is 45.0 Å². The molecule has 0 spiro atoms. The molecule has 0 aromatic heterocycles. The van der Waals surface area contributed by atoms with Crippen LogP contribution in [0.5, 0.6) is 11.5 Å². The number of phenolic OH excluding ortho intramolecular Hbond substituents is 1. The maximum absolute atomic E-state index is 10.0. The van der Waals surface area contributed by atoms with Gasteiger partial charge in [0.25, 0.3) is 0 Å². The van der Waals surface area contributed by atoms with Crippen molar-refractivity contribution in [3.63, 3.8) is 0 Å². The van der Waals surface area contributed by atoms with Crippen molar-refractivity contribution in [2.45, 2.75) is 52.6 Å². The molecule has 1 N–H and O–H groups in total. The Hall–Kier alpha value is -1.96. The lowest BCUT2D eigenvalue weighted by molar-refractivity contribution is 0.242. The minimum absolute atomic E-state index is 0.0605. The van der Waals surface area contributed by atoms with Crippen LogP contribution < -0.4 is 4.74 Å². The first-order valence-electron chi connectivity index (χ1n) is 7.83. The van der Waals surface area contributed by atoms with Gasteiger partial charge in [0, 0.05) is 0 Å². The third kappa shape index (κ3) is 4.27. The average molecular weight is 298 g/mol. The number of hydrogen-bond donors (Lipinski definition) is 1. The minimum atomic E-state index is -0.0605. The van der Waals surface area contributed by atoms with Crippen molar-refractivity contribution < 1.29 is 9.84 Å². The molecule has 2 heteroatoms. The molecule has 0 unspecified atom stereocenters. The van der Waals surface area contributed by atoms with Crippen LogP contribution in [0.2, 0.25) is 0 Å². The summed E-state index contributed by atoms with van der Waals surface area (Å²) in [6.07, 6.45) is 1.04. The summed E-state index contributed by atoms with van der Waals surface area (Å²) >= 11 is 0. The molecule has 2 aromatic rings. The second kappa shape index (κ2) is 6.43. The molecule has 0 heterocycles. The summed E-state index contributed by atoms with van der Waals surface area (Å²) in [7, 11) is 0. The highest BCUT2D eigenvalue weighted by atomic mass is 16.5. The van der Waals surface area contributed by atoms with Crippen molar-refractivity contribution in [3.05, 3.63) is 59.2 Å². The first-order chi connectivity index (χ1) is 10.3. The van der Waals surface area contributed by atoms with E-state index in [1.165, 1.54) is 11.1 Å². The molecule has 0 aliphatic heterocycles. The monoisotopic (exact) mass is 298 g/mol. The summed E-state index contributed by atoms with van der Waals surface area (Å²) in [5, 5.41) is 10.0. The van der Waals surface area contributed by atoms with Gasteiger partial charge >= 0.3 is 0 Å². The van der Waals surface area contributed by atoms with Crippen molar-refractivity contribution >= 4 is 0 Å². The van der Waals surface area contributed by atoms with Gasteiger partial charge in [-0.15, -0.1) is 0 Å². The third-order valence-electron chi connectivity index (χ3n) is 3.57. The second-order valence-corrected chi connectivity index (χ2v) is 7.09. The van der Waals surface area contributed by atoms with E-state index in [0.717, 1.165) is 17.7 Å².